The maximum atomic E-state index is 5.58. The summed E-state index contributed by atoms with van der Waals surface area (Å²) in [5, 5.41) is 0. The molecule has 1 fully saturated rings. The van der Waals surface area contributed by atoms with E-state index in [1.54, 1.807) is 5.57 Å². The van der Waals surface area contributed by atoms with Crippen LogP contribution in [0.1, 0.15) is 38.5 Å². The molecule has 0 saturated heterocycles. The summed E-state index contributed by atoms with van der Waals surface area (Å²) in [7, 11) is 0. The zero-order valence-electron chi connectivity index (χ0n) is 6.41. The van der Waals surface area contributed by atoms with E-state index in [1.807, 2.05) is 0 Å². The van der Waals surface area contributed by atoms with Crippen LogP contribution in [0, 0.1) is 0 Å². The Balaban J connectivity index is 2.23. The topological polar surface area (TPSA) is 0 Å². The summed E-state index contributed by atoms with van der Waals surface area (Å²) >= 11 is 5.58. The molecule has 0 amide bonds. The van der Waals surface area contributed by atoms with Gasteiger partial charge in [-0.05, 0) is 32.1 Å². The zero-order valence-corrected chi connectivity index (χ0v) is 7.16. The molecule has 0 aromatic rings. The smallest absolute Gasteiger partial charge is 0.0258 e. The first kappa shape index (κ1) is 8.13. The Morgan fingerprint density at radius 3 is 2.50 bits per heavy atom. The highest BCUT2D eigenvalue weighted by atomic mass is 35.5. The molecular formula is C9H15Cl. The van der Waals surface area contributed by atoms with Gasteiger partial charge in [0.25, 0.3) is 0 Å². The van der Waals surface area contributed by atoms with E-state index in [0.29, 0.717) is 0 Å². The molecule has 0 aromatic heterocycles. The molecule has 1 heteroatoms. The Hall–Kier alpha value is 0.0300. The maximum absolute atomic E-state index is 5.58. The van der Waals surface area contributed by atoms with Gasteiger partial charge in [-0.25, -0.2) is 0 Å². The average Bonchev–Trinajstić information content (AvgIpc) is 2.03. The normalized spacial score (nSPS) is 19.1. The van der Waals surface area contributed by atoms with E-state index in [-0.39, 0.29) is 0 Å². The van der Waals surface area contributed by atoms with Gasteiger partial charge in [0.05, 0.1) is 0 Å². The predicted octanol–water partition coefficient (Wildman–Crippen LogP) is 3.51. The molecule has 0 bridgehead atoms. The van der Waals surface area contributed by atoms with Crippen molar-refractivity contribution in [3.8, 4) is 0 Å². The molecule has 0 N–H and O–H groups in total. The van der Waals surface area contributed by atoms with E-state index < -0.39 is 0 Å². The molecule has 1 saturated carbocycles. The fourth-order valence-corrected chi connectivity index (χ4v) is 1.58. The van der Waals surface area contributed by atoms with Crippen LogP contribution in [0.25, 0.3) is 0 Å². The Bertz CT molecular complexity index is 108. The van der Waals surface area contributed by atoms with Gasteiger partial charge in [-0.15, -0.1) is 11.6 Å². The van der Waals surface area contributed by atoms with Gasteiger partial charge >= 0.3 is 0 Å². The molecule has 0 aliphatic heterocycles. The lowest BCUT2D eigenvalue weighted by atomic mass is 9.94. The highest BCUT2D eigenvalue weighted by molar-refractivity contribution is 6.17. The van der Waals surface area contributed by atoms with Crippen LogP contribution in [0.3, 0.4) is 0 Å². The molecular weight excluding hydrogens is 144 g/mol. The number of halogens is 1. The minimum absolute atomic E-state index is 0.781. The summed E-state index contributed by atoms with van der Waals surface area (Å²) in [5.74, 6) is 0.781. The number of rotatable bonds is 2. The molecule has 0 spiro atoms. The largest absolute Gasteiger partial charge is 0.126 e. The highest BCUT2D eigenvalue weighted by Crippen LogP contribution is 2.22. The van der Waals surface area contributed by atoms with Crippen molar-refractivity contribution in [1.29, 1.82) is 0 Å². The summed E-state index contributed by atoms with van der Waals surface area (Å²) in [6, 6.07) is 0. The fourth-order valence-electron chi connectivity index (χ4n) is 1.47. The molecule has 1 aliphatic rings. The van der Waals surface area contributed by atoms with Crippen molar-refractivity contribution >= 4 is 11.6 Å². The molecule has 1 rings (SSSR count). The lowest BCUT2D eigenvalue weighted by molar-refractivity contribution is 0.597. The third kappa shape index (κ3) is 2.74. The van der Waals surface area contributed by atoms with Crippen molar-refractivity contribution in [2.45, 2.75) is 38.5 Å². The SMILES string of the molecule is ClCCC=C1CCCCC1. The van der Waals surface area contributed by atoms with Crippen molar-refractivity contribution in [2.24, 2.45) is 0 Å². The first-order valence-corrected chi connectivity index (χ1v) is 4.71. The van der Waals surface area contributed by atoms with Gasteiger partial charge in [0.1, 0.15) is 0 Å². The Labute approximate surface area is 68.3 Å². The Kier molecular flexibility index (Phi) is 3.89. The van der Waals surface area contributed by atoms with Crippen LogP contribution in [0.5, 0.6) is 0 Å². The fraction of sp³-hybridized carbons (Fsp3) is 0.778. The second kappa shape index (κ2) is 4.79. The first-order chi connectivity index (χ1) is 4.93. The summed E-state index contributed by atoms with van der Waals surface area (Å²) in [6.45, 7) is 0. The lowest BCUT2D eigenvalue weighted by Gasteiger charge is -2.12. The van der Waals surface area contributed by atoms with Gasteiger partial charge in [-0.1, -0.05) is 18.1 Å². The molecule has 0 heterocycles. The molecule has 10 heavy (non-hydrogen) atoms. The quantitative estimate of drug-likeness (QED) is 0.426. The molecule has 0 unspecified atom stereocenters. The number of hydrogen-bond donors (Lipinski definition) is 0. The van der Waals surface area contributed by atoms with Crippen LogP contribution in [0.15, 0.2) is 11.6 Å². The van der Waals surface area contributed by atoms with E-state index in [0.717, 1.165) is 12.3 Å². The molecule has 0 radical (unpaired) electrons. The standard InChI is InChI=1S/C9H15Cl/c10-8-4-7-9-5-2-1-3-6-9/h7H,1-6,8H2. The predicted molar refractivity (Wildman–Crippen MR) is 46.5 cm³/mol. The second-order valence-corrected chi connectivity index (χ2v) is 3.28. The van der Waals surface area contributed by atoms with E-state index in [4.69, 9.17) is 11.6 Å². The van der Waals surface area contributed by atoms with E-state index >= 15 is 0 Å². The van der Waals surface area contributed by atoms with Crippen LogP contribution in [0.4, 0.5) is 0 Å². The van der Waals surface area contributed by atoms with E-state index in [1.165, 1.54) is 32.1 Å². The van der Waals surface area contributed by atoms with Crippen LogP contribution in [0.2, 0.25) is 0 Å². The average molecular weight is 159 g/mol. The molecule has 58 valence electrons. The third-order valence-corrected chi connectivity index (χ3v) is 2.26. The summed E-state index contributed by atoms with van der Waals surface area (Å²) in [4.78, 5) is 0. The van der Waals surface area contributed by atoms with Gasteiger partial charge in [0.2, 0.25) is 0 Å². The first-order valence-electron chi connectivity index (χ1n) is 4.17. The summed E-state index contributed by atoms with van der Waals surface area (Å²) < 4.78 is 0. The molecule has 0 aromatic carbocycles. The molecule has 0 atom stereocenters. The van der Waals surface area contributed by atoms with Crippen molar-refractivity contribution in [2.75, 3.05) is 5.88 Å². The van der Waals surface area contributed by atoms with Gasteiger partial charge < -0.3 is 0 Å². The van der Waals surface area contributed by atoms with Gasteiger partial charge in [0.15, 0.2) is 0 Å². The number of hydrogen-bond acceptors (Lipinski definition) is 0. The highest BCUT2D eigenvalue weighted by Gasteiger charge is 2.03. The number of alkyl halides is 1. The van der Waals surface area contributed by atoms with Crippen LogP contribution in [-0.4, -0.2) is 5.88 Å². The van der Waals surface area contributed by atoms with Crippen LogP contribution < -0.4 is 0 Å². The molecule has 1 aliphatic carbocycles. The molecule has 0 nitrogen and oxygen atoms in total. The zero-order chi connectivity index (χ0) is 7.23. The monoisotopic (exact) mass is 158 g/mol. The second-order valence-electron chi connectivity index (χ2n) is 2.90. The third-order valence-electron chi connectivity index (χ3n) is 2.04. The maximum Gasteiger partial charge on any atom is 0.0258 e. The van der Waals surface area contributed by atoms with Gasteiger partial charge in [-0.3, -0.25) is 0 Å². The van der Waals surface area contributed by atoms with Crippen molar-refractivity contribution in [3.05, 3.63) is 11.6 Å². The lowest BCUT2D eigenvalue weighted by Crippen LogP contribution is -1.93. The van der Waals surface area contributed by atoms with E-state index in [2.05, 4.69) is 6.08 Å². The minimum Gasteiger partial charge on any atom is -0.126 e. The van der Waals surface area contributed by atoms with Crippen LogP contribution in [-0.2, 0) is 0 Å². The van der Waals surface area contributed by atoms with Gasteiger partial charge in [-0.2, -0.15) is 0 Å². The van der Waals surface area contributed by atoms with Crippen molar-refractivity contribution in [3.63, 3.8) is 0 Å². The van der Waals surface area contributed by atoms with Crippen molar-refractivity contribution in [1.82, 2.24) is 0 Å². The minimum atomic E-state index is 0.781. The number of allylic oxidation sites excluding steroid dienone is 2. The van der Waals surface area contributed by atoms with E-state index in [9.17, 15) is 0 Å². The Morgan fingerprint density at radius 2 is 1.90 bits per heavy atom. The summed E-state index contributed by atoms with van der Waals surface area (Å²) in [5.41, 5.74) is 1.65. The van der Waals surface area contributed by atoms with Crippen molar-refractivity contribution < 1.29 is 0 Å². The summed E-state index contributed by atoms with van der Waals surface area (Å²) in [6.07, 6.45) is 10.3. The van der Waals surface area contributed by atoms with Gasteiger partial charge in [0, 0.05) is 5.88 Å². The van der Waals surface area contributed by atoms with Crippen LogP contribution >= 0.6 is 11.6 Å². The Morgan fingerprint density at radius 1 is 1.20 bits per heavy atom.